The molecule has 1 heterocycles. The van der Waals surface area contributed by atoms with E-state index in [9.17, 15) is 19.8 Å². The van der Waals surface area contributed by atoms with Gasteiger partial charge in [0.25, 0.3) is 0 Å². The average molecular weight is 556 g/mol. The zero-order valence-electron chi connectivity index (χ0n) is 23.4. The molecule has 1 saturated heterocycles. The number of carbonyl (C=O) groups excluding carboxylic acids is 2. The van der Waals surface area contributed by atoms with Crippen LogP contribution < -0.4 is 0 Å². The zero-order chi connectivity index (χ0) is 28.7. The van der Waals surface area contributed by atoms with Crippen LogP contribution in [0.1, 0.15) is 57.6 Å². The van der Waals surface area contributed by atoms with Crippen LogP contribution in [0.2, 0.25) is 0 Å². The first-order valence-electron chi connectivity index (χ1n) is 14.6. The fourth-order valence-electron chi connectivity index (χ4n) is 9.34. The first-order chi connectivity index (χ1) is 18.9. The smallest absolute Gasteiger partial charge is 0.192 e. The van der Waals surface area contributed by atoms with Crippen molar-refractivity contribution in [1.29, 1.82) is 0 Å². The Morgan fingerprint density at radius 2 is 1.85 bits per heavy atom. The van der Waals surface area contributed by atoms with Crippen molar-refractivity contribution >= 4 is 11.6 Å². The highest BCUT2D eigenvalue weighted by atomic mass is 19.1. The van der Waals surface area contributed by atoms with E-state index in [2.05, 4.69) is 19.1 Å². The van der Waals surface area contributed by atoms with Gasteiger partial charge in [0.05, 0.1) is 6.10 Å². The lowest BCUT2D eigenvalue weighted by molar-refractivity contribution is -0.269. The number of alkyl halides is 2. The minimum atomic E-state index is -2.22. The van der Waals surface area contributed by atoms with Gasteiger partial charge in [-0.1, -0.05) is 50.6 Å². The molecule has 216 valence electrons. The Kier molecular flexibility index (Phi) is 6.54. The molecule has 8 heteroatoms. The van der Waals surface area contributed by atoms with Gasteiger partial charge in [-0.2, -0.15) is 5.06 Å². The van der Waals surface area contributed by atoms with Crippen LogP contribution >= 0.6 is 0 Å². The van der Waals surface area contributed by atoms with E-state index in [1.54, 1.807) is 12.0 Å². The molecule has 2 N–H and O–H groups in total. The van der Waals surface area contributed by atoms with Gasteiger partial charge in [0.1, 0.15) is 12.8 Å². The number of nitrogens with zero attached hydrogens (tertiary/aromatic N) is 1. The Morgan fingerprint density at radius 3 is 2.52 bits per heavy atom. The van der Waals surface area contributed by atoms with Crippen molar-refractivity contribution in [3.63, 3.8) is 0 Å². The second kappa shape index (κ2) is 9.38. The number of aryl methyl sites for hydroxylation is 1. The summed E-state index contributed by atoms with van der Waals surface area (Å²) in [6.45, 7) is 5.67. The quantitative estimate of drug-likeness (QED) is 0.547. The molecule has 1 aromatic carbocycles. The molecule has 3 saturated carbocycles. The molecule has 4 aliphatic carbocycles. The fraction of sp³-hybridized carbons (Fsp3) is 0.625. The largest absolute Gasteiger partial charge is 0.390 e. The molecular weight excluding hydrogens is 516 g/mol. The topological polar surface area (TPSA) is 87.1 Å². The Bertz CT molecular complexity index is 1280. The van der Waals surface area contributed by atoms with E-state index in [1.807, 2.05) is 19.1 Å². The van der Waals surface area contributed by atoms with Gasteiger partial charge in [0.2, 0.25) is 0 Å². The monoisotopic (exact) mass is 555 g/mol. The highest BCUT2D eigenvalue weighted by molar-refractivity contribution is 6.01. The zero-order valence-corrected chi connectivity index (χ0v) is 23.4. The van der Waals surface area contributed by atoms with Crippen LogP contribution in [0.4, 0.5) is 8.78 Å². The van der Waals surface area contributed by atoms with Gasteiger partial charge in [-0.05, 0) is 67.4 Å². The van der Waals surface area contributed by atoms with Crippen LogP contribution in [-0.2, 0) is 27.4 Å². The number of carbonyl (C=O) groups is 2. The van der Waals surface area contributed by atoms with E-state index in [1.165, 1.54) is 23.8 Å². The summed E-state index contributed by atoms with van der Waals surface area (Å²) in [6.07, 6.45) is 3.01. The molecule has 6 nitrogen and oxygen atoms in total. The normalized spacial score (nSPS) is 44.0. The standard InChI is InChI=1S/C32H39F2NO5/c1-4-5-19-6-8-20(9-7-19)16-35-17-21-12-23-24-14-26(33)25-13-22(37)10-11-29(25,2)31(24,34)27(38)15-30(23,3)32(21,40-35)28(39)18-36/h6-11,13,21,23-24,26-27,36,38H,4-5,12,14-18H2,1-3H3/t21-,23-,24-,26-,27-,29-,30-,31-,32-/m0/s1. The number of hydrogen-bond donors (Lipinski definition) is 2. The fourth-order valence-corrected chi connectivity index (χ4v) is 9.34. The molecule has 9 atom stereocenters. The number of Topliss-reactive ketones (excluding diaryl/α,β-unsaturated/α-hetero) is 1. The predicted molar refractivity (Wildman–Crippen MR) is 144 cm³/mol. The van der Waals surface area contributed by atoms with Crippen molar-refractivity contribution in [2.75, 3.05) is 13.2 Å². The van der Waals surface area contributed by atoms with Crippen molar-refractivity contribution in [2.24, 2.45) is 28.6 Å². The average Bonchev–Trinajstić information content (AvgIpc) is 3.40. The van der Waals surface area contributed by atoms with Gasteiger partial charge in [0, 0.05) is 35.8 Å². The maximum atomic E-state index is 17.5. The summed E-state index contributed by atoms with van der Waals surface area (Å²) < 4.78 is 33.2. The highest BCUT2D eigenvalue weighted by Gasteiger charge is 2.79. The predicted octanol–water partition coefficient (Wildman–Crippen LogP) is 4.23. The van der Waals surface area contributed by atoms with Gasteiger partial charge in [0.15, 0.2) is 22.8 Å². The first-order valence-corrected chi connectivity index (χ1v) is 14.6. The van der Waals surface area contributed by atoms with E-state index in [0.717, 1.165) is 18.4 Å². The molecule has 0 aromatic heterocycles. The molecule has 5 aliphatic rings. The molecule has 0 radical (unpaired) electrons. The van der Waals surface area contributed by atoms with Gasteiger partial charge in [-0.3, -0.25) is 14.4 Å². The van der Waals surface area contributed by atoms with Crippen LogP contribution in [0.5, 0.6) is 0 Å². The minimum absolute atomic E-state index is 0.0753. The minimum Gasteiger partial charge on any atom is -0.390 e. The molecule has 4 fully saturated rings. The third-order valence-electron chi connectivity index (χ3n) is 11.2. The van der Waals surface area contributed by atoms with E-state index >= 15 is 8.78 Å². The first kappa shape index (κ1) is 27.9. The lowest BCUT2D eigenvalue weighted by Gasteiger charge is -2.63. The van der Waals surface area contributed by atoms with E-state index < -0.39 is 58.6 Å². The molecule has 6 rings (SSSR count). The molecular formula is C32H39F2NO5. The summed E-state index contributed by atoms with van der Waals surface area (Å²) in [7, 11) is 0. The summed E-state index contributed by atoms with van der Waals surface area (Å²) >= 11 is 0. The number of allylic oxidation sites excluding steroid dienone is 4. The Hall–Kier alpha value is -2.26. The number of fused-ring (bicyclic) bond motifs is 7. The second-order valence-electron chi connectivity index (χ2n) is 13.1. The van der Waals surface area contributed by atoms with Crippen LogP contribution in [0.25, 0.3) is 0 Å². The Morgan fingerprint density at radius 1 is 1.15 bits per heavy atom. The summed E-state index contributed by atoms with van der Waals surface area (Å²) in [6, 6.07) is 8.28. The van der Waals surface area contributed by atoms with E-state index in [4.69, 9.17) is 4.84 Å². The van der Waals surface area contributed by atoms with Crippen LogP contribution in [-0.4, -0.2) is 63.5 Å². The number of rotatable bonds is 6. The number of hydroxylamine groups is 2. The molecule has 0 spiro atoms. The summed E-state index contributed by atoms with van der Waals surface area (Å²) in [5, 5.41) is 23.5. The Labute approximate surface area is 234 Å². The molecule has 0 amide bonds. The number of ketones is 2. The molecule has 1 aliphatic heterocycles. The maximum Gasteiger partial charge on any atom is 0.192 e. The number of benzene rings is 1. The molecule has 40 heavy (non-hydrogen) atoms. The van der Waals surface area contributed by atoms with E-state index in [0.29, 0.717) is 19.5 Å². The number of halogens is 2. The van der Waals surface area contributed by atoms with Gasteiger partial charge in [-0.15, -0.1) is 0 Å². The lowest BCUT2D eigenvalue weighted by atomic mass is 9.44. The molecule has 1 aromatic rings. The van der Waals surface area contributed by atoms with Crippen LogP contribution in [0.15, 0.2) is 48.1 Å². The highest BCUT2D eigenvalue weighted by Crippen LogP contribution is 2.72. The lowest BCUT2D eigenvalue weighted by Crippen LogP contribution is -2.70. The summed E-state index contributed by atoms with van der Waals surface area (Å²) in [5.41, 5.74) is -3.81. The summed E-state index contributed by atoms with van der Waals surface area (Å²) in [4.78, 5) is 32.2. The number of hydrogen-bond acceptors (Lipinski definition) is 6. The molecule has 0 unspecified atom stereocenters. The Balaban J connectivity index is 1.35. The third-order valence-corrected chi connectivity index (χ3v) is 11.2. The van der Waals surface area contributed by atoms with Crippen LogP contribution in [0.3, 0.4) is 0 Å². The second-order valence-corrected chi connectivity index (χ2v) is 13.1. The number of aliphatic hydroxyl groups is 2. The van der Waals surface area contributed by atoms with Crippen molar-refractivity contribution in [3.8, 4) is 0 Å². The maximum absolute atomic E-state index is 17.5. The van der Waals surface area contributed by atoms with Gasteiger partial charge >= 0.3 is 0 Å². The SMILES string of the molecule is CCCc1ccc(CN2C[C@@H]3C[C@H]4[C@@H]5C[C@H](F)C6=CC(=O)C=C[C@]6(C)[C@@]5(F)[C@@H](O)C[C@]4(C)[C@]3(C(=O)CO)O2)cc1. The number of aliphatic hydroxyl groups excluding tert-OH is 2. The van der Waals surface area contributed by atoms with Crippen molar-refractivity contribution in [1.82, 2.24) is 5.06 Å². The van der Waals surface area contributed by atoms with E-state index in [-0.39, 0.29) is 30.1 Å². The summed E-state index contributed by atoms with van der Waals surface area (Å²) in [5.74, 6) is -2.57. The van der Waals surface area contributed by atoms with Gasteiger partial charge < -0.3 is 10.2 Å². The van der Waals surface area contributed by atoms with Crippen molar-refractivity contribution in [3.05, 3.63) is 59.2 Å². The third kappa shape index (κ3) is 3.52. The van der Waals surface area contributed by atoms with Gasteiger partial charge in [-0.25, -0.2) is 8.78 Å². The van der Waals surface area contributed by atoms with Crippen molar-refractivity contribution in [2.45, 2.75) is 83.0 Å². The molecule has 0 bridgehead atoms. The van der Waals surface area contributed by atoms with Crippen LogP contribution in [0, 0.1) is 28.6 Å². The van der Waals surface area contributed by atoms with Crippen molar-refractivity contribution < 1.29 is 33.4 Å².